The fraction of sp³-hybridized carbons (Fsp3) is 0.296. The summed E-state index contributed by atoms with van der Waals surface area (Å²) in [6, 6.07) is 15.5. The third kappa shape index (κ3) is 5.91. The topological polar surface area (TPSA) is 94.2 Å². The zero-order chi connectivity index (χ0) is 26.5. The summed E-state index contributed by atoms with van der Waals surface area (Å²) in [5.74, 6) is 0.859. The molecule has 0 saturated heterocycles. The number of rotatable bonds is 10. The Morgan fingerprint density at radius 3 is 1.97 bits per heavy atom. The molecule has 3 aromatic rings. The second kappa shape index (κ2) is 11.3. The predicted molar refractivity (Wildman–Crippen MR) is 140 cm³/mol. The number of hydrogen-bond acceptors (Lipinski definition) is 6. The molecular formula is C27H32N2O6S. The number of amides is 1. The summed E-state index contributed by atoms with van der Waals surface area (Å²) in [6.07, 6.45) is 0. The van der Waals surface area contributed by atoms with E-state index in [4.69, 9.17) is 14.2 Å². The molecule has 0 fully saturated rings. The van der Waals surface area contributed by atoms with Crippen LogP contribution in [0.1, 0.15) is 22.3 Å². The molecule has 0 unspecified atom stereocenters. The average molecular weight is 513 g/mol. The SMILES string of the molecule is COc1ccc(CNC(=O)CN(c2cc(C)cc(C)c2)S(=O)(=O)c2ccc(C)cc2)c(OC)c1OC. The molecule has 0 aliphatic carbocycles. The van der Waals surface area contributed by atoms with Crippen molar-refractivity contribution in [1.82, 2.24) is 5.32 Å². The lowest BCUT2D eigenvalue weighted by atomic mass is 10.1. The van der Waals surface area contributed by atoms with E-state index in [1.165, 1.54) is 21.3 Å². The van der Waals surface area contributed by atoms with E-state index in [2.05, 4.69) is 5.32 Å². The quantitative estimate of drug-likeness (QED) is 0.439. The molecule has 1 amide bonds. The van der Waals surface area contributed by atoms with Crippen molar-refractivity contribution < 1.29 is 27.4 Å². The van der Waals surface area contributed by atoms with Crippen LogP contribution in [0.2, 0.25) is 0 Å². The molecule has 0 aliphatic heterocycles. The number of methoxy groups -OCH3 is 3. The van der Waals surface area contributed by atoms with Crippen LogP contribution in [0.5, 0.6) is 17.2 Å². The summed E-state index contributed by atoms with van der Waals surface area (Å²) in [4.78, 5) is 13.2. The third-order valence-corrected chi connectivity index (χ3v) is 7.44. The Balaban J connectivity index is 1.91. The van der Waals surface area contributed by atoms with E-state index in [0.29, 0.717) is 28.5 Å². The minimum Gasteiger partial charge on any atom is -0.493 e. The first kappa shape index (κ1) is 26.9. The van der Waals surface area contributed by atoms with Gasteiger partial charge in [-0.05, 0) is 68.3 Å². The lowest BCUT2D eigenvalue weighted by Crippen LogP contribution is -2.40. The lowest BCUT2D eigenvalue weighted by Gasteiger charge is -2.25. The van der Waals surface area contributed by atoms with E-state index in [1.807, 2.05) is 26.8 Å². The van der Waals surface area contributed by atoms with Crippen LogP contribution in [0, 0.1) is 20.8 Å². The van der Waals surface area contributed by atoms with E-state index in [-0.39, 0.29) is 11.4 Å². The minimum absolute atomic E-state index is 0.105. The number of carbonyl (C=O) groups is 1. The van der Waals surface area contributed by atoms with Crippen LogP contribution < -0.4 is 23.8 Å². The van der Waals surface area contributed by atoms with Crippen molar-refractivity contribution in [1.29, 1.82) is 0 Å². The number of anilines is 1. The highest BCUT2D eigenvalue weighted by Gasteiger charge is 2.28. The van der Waals surface area contributed by atoms with Crippen molar-refractivity contribution in [2.75, 3.05) is 32.2 Å². The van der Waals surface area contributed by atoms with Gasteiger partial charge in [0.05, 0.1) is 31.9 Å². The second-order valence-electron chi connectivity index (χ2n) is 8.44. The fourth-order valence-electron chi connectivity index (χ4n) is 3.93. The summed E-state index contributed by atoms with van der Waals surface area (Å²) in [5, 5.41) is 2.80. The number of aryl methyl sites for hydroxylation is 3. The molecule has 36 heavy (non-hydrogen) atoms. The van der Waals surface area contributed by atoms with Gasteiger partial charge in [0.25, 0.3) is 10.0 Å². The Hall–Kier alpha value is -3.72. The van der Waals surface area contributed by atoms with Gasteiger partial charge >= 0.3 is 0 Å². The van der Waals surface area contributed by atoms with Crippen molar-refractivity contribution in [3.8, 4) is 17.2 Å². The van der Waals surface area contributed by atoms with Crippen LogP contribution >= 0.6 is 0 Å². The van der Waals surface area contributed by atoms with Crippen LogP contribution in [-0.2, 0) is 21.4 Å². The van der Waals surface area contributed by atoms with Crippen molar-refractivity contribution in [3.63, 3.8) is 0 Å². The first-order valence-corrected chi connectivity index (χ1v) is 12.8. The molecule has 0 aliphatic rings. The van der Waals surface area contributed by atoms with Crippen LogP contribution in [0.15, 0.2) is 59.5 Å². The van der Waals surface area contributed by atoms with Gasteiger partial charge in [0.15, 0.2) is 11.5 Å². The first-order chi connectivity index (χ1) is 17.1. The minimum atomic E-state index is -4.00. The molecule has 0 heterocycles. The first-order valence-electron chi connectivity index (χ1n) is 11.3. The van der Waals surface area contributed by atoms with E-state index < -0.39 is 22.5 Å². The van der Waals surface area contributed by atoms with Crippen LogP contribution in [0.25, 0.3) is 0 Å². The number of carbonyl (C=O) groups excluding carboxylic acids is 1. The molecule has 9 heteroatoms. The molecular weight excluding hydrogens is 480 g/mol. The maximum absolute atomic E-state index is 13.6. The zero-order valence-electron chi connectivity index (χ0n) is 21.4. The Morgan fingerprint density at radius 2 is 1.42 bits per heavy atom. The molecule has 192 valence electrons. The highest BCUT2D eigenvalue weighted by Crippen LogP contribution is 2.39. The van der Waals surface area contributed by atoms with Crippen molar-refractivity contribution in [2.45, 2.75) is 32.2 Å². The highest BCUT2D eigenvalue weighted by molar-refractivity contribution is 7.92. The van der Waals surface area contributed by atoms with Gasteiger partial charge in [-0.15, -0.1) is 0 Å². The van der Waals surface area contributed by atoms with Gasteiger partial charge < -0.3 is 19.5 Å². The zero-order valence-corrected chi connectivity index (χ0v) is 22.2. The highest BCUT2D eigenvalue weighted by atomic mass is 32.2. The fourth-order valence-corrected chi connectivity index (χ4v) is 5.33. The molecule has 3 rings (SSSR count). The average Bonchev–Trinajstić information content (AvgIpc) is 2.84. The monoisotopic (exact) mass is 512 g/mol. The number of nitrogens with one attached hydrogen (secondary N) is 1. The van der Waals surface area contributed by atoms with Gasteiger partial charge in [-0.25, -0.2) is 8.42 Å². The lowest BCUT2D eigenvalue weighted by molar-refractivity contribution is -0.119. The summed E-state index contributed by atoms with van der Waals surface area (Å²) in [6.45, 7) is 5.36. The molecule has 0 bridgehead atoms. The van der Waals surface area contributed by atoms with Gasteiger partial charge in [-0.1, -0.05) is 23.8 Å². The summed E-state index contributed by atoms with van der Waals surface area (Å²) in [7, 11) is 0.518. The van der Waals surface area contributed by atoms with Gasteiger partial charge in [0, 0.05) is 12.1 Å². The van der Waals surface area contributed by atoms with E-state index in [1.54, 1.807) is 48.5 Å². The summed E-state index contributed by atoms with van der Waals surface area (Å²) < 4.78 is 44.6. The van der Waals surface area contributed by atoms with Gasteiger partial charge in [0.2, 0.25) is 11.7 Å². The van der Waals surface area contributed by atoms with Crippen molar-refractivity contribution >= 4 is 21.6 Å². The molecule has 0 radical (unpaired) electrons. The second-order valence-corrected chi connectivity index (χ2v) is 10.3. The molecule has 0 atom stereocenters. The number of hydrogen-bond donors (Lipinski definition) is 1. The van der Waals surface area contributed by atoms with Crippen molar-refractivity contribution in [2.24, 2.45) is 0 Å². The Bertz CT molecular complexity index is 1320. The van der Waals surface area contributed by atoms with Crippen LogP contribution in [0.4, 0.5) is 5.69 Å². The Kier molecular flexibility index (Phi) is 8.47. The van der Waals surface area contributed by atoms with E-state index >= 15 is 0 Å². The normalized spacial score (nSPS) is 11.1. The maximum atomic E-state index is 13.6. The molecule has 8 nitrogen and oxygen atoms in total. The standard InChI is InChI=1S/C27H32N2O6S/c1-18-7-10-23(11-8-18)36(31,32)29(22-14-19(2)13-20(3)15-22)17-25(30)28-16-21-9-12-24(33-4)27(35-6)26(21)34-5/h7-15H,16-17H2,1-6H3,(H,28,30). The van der Waals surface area contributed by atoms with E-state index in [9.17, 15) is 13.2 Å². The van der Waals surface area contributed by atoms with Crippen molar-refractivity contribution in [3.05, 3.63) is 76.9 Å². The van der Waals surface area contributed by atoms with E-state index in [0.717, 1.165) is 21.0 Å². The number of nitrogens with zero attached hydrogens (tertiary/aromatic N) is 1. The third-order valence-electron chi connectivity index (χ3n) is 5.65. The largest absolute Gasteiger partial charge is 0.493 e. The smallest absolute Gasteiger partial charge is 0.264 e. The summed E-state index contributed by atoms with van der Waals surface area (Å²) in [5.41, 5.74) is 3.80. The van der Waals surface area contributed by atoms with Crippen LogP contribution in [0.3, 0.4) is 0 Å². The van der Waals surface area contributed by atoms with Crippen LogP contribution in [-0.4, -0.2) is 42.2 Å². The van der Waals surface area contributed by atoms with Gasteiger partial charge in [-0.2, -0.15) is 0 Å². The van der Waals surface area contributed by atoms with Gasteiger partial charge in [0.1, 0.15) is 6.54 Å². The number of benzene rings is 3. The number of ether oxygens (including phenoxy) is 3. The molecule has 3 aromatic carbocycles. The molecule has 0 spiro atoms. The molecule has 0 saturated carbocycles. The molecule has 1 N–H and O–H groups in total. The number of sulfonamides is 1. The Labute approximate surface area is 212 Å². The Morgan fingerprint density at radius 1 is 0.806 bits per heavy atom. The molecule has 0 aromatic heterocycles. The summed E-state index contributed by atoms with van der Waals surface area (Å²) >= 11 is 0. The van der Waals surface area contributed by atoms with Gasteiger partial charge in [-0.3, -0.25) is 9.10 Å². The maximum Gasteiger partial charge on any atom is 0.264 e. The predicted octanol–water partition coefficient (Wildman–Crippen LogP) is 4.15.